The molecule has 0 bridgehead atoms. The third-order valence-corrected chi connectivity index (χ3v) is 5.68. The Labute approximate surface area is 199 Å². The van der Waals surface area contributed by atoms with E-state index in [2.05, 4.69) is 0 Å². The van der Waals surface area contributed by atoms with E-state index < -0.39 is 0 Å². The second kappa shape index (κ2) is 11.7. The number of carbonyl (C=O) groups is 1. The van der Waals surface area contributed by atoms with Gasteiger partial charge in [0.05, 0.1) is 45.7 Å². The van der Waals surface area contributed by atoms with Crippen LogP contribution in [0.15, 0.2) is 30.0 Å². The van der Waals surface area contributed by atoms with Crippen molar-refractivity contribution in [3.63, 3.8) is 0 Å². The summed E-state index contributed by atoms with van der Waals surface area (Å²) in [6, 6.07) is 6.50. The van der Waals surface area contributed by atoms with Crippen molar-refractivity contribution in [3.8, 4) is 28.7 Å². The first-order valence-corrected chi connectivity index (χ1v) is 10.9. The first kappa shape index (κ1) is 25.4. The molecule has 0 spiro atoms. The monoisotopic (exact) mass is 474 g/mol. The standard InChI is InChI=1S/C25H31NO8/c1-29-10-8-26(9-11-30-2)15-18-19(27)7-6-17-24(28)23(34-25(17)18)13-16-12-21(32-4)22(33-5)14-20(16)31-3/h6-7,12-14,27H,8-11,15H2,1-5H3/p+1/b23-13-. The highest BCUT2D eigenvalue weighted by atomic mass is 16.5. The summed E-state index contributed by atoms with van der Waals surface area (Å²) >= 11 is 0. The van der Waals surface area contributed by atoms with E-state index in [1.807, 2.05) is 0 Å². The van der Waals surface area contributed by atoms with Crippen molar-refractivity contribution in [1.29, 1.82) is 0 Å². The largest absolute Gasteiger partial charge is 0.507 e. The van der Waals surface area contributed by atoms with Crippen molar-refractivity contribution in [2.45, 2.75) is 6.54 Å². The zero-order chi connectivity index (χ0) is 24.7. The third-order valence-electron chi connectivity index (χ3n) is 5.68. The van der Waals surface area contributed by atoms with Crippen molar-refractivity contribution in [3.05, 3.63) is 46.7 Å². The predicted molar refractivity (Wildman–Crippen MR) is 125 cm³/mol. The molecule has 1 aliphatic rings. The number of phenolic OH excluding ortho intramolecular Hbond substituents is 1. The summed E-state index contributed by atoms with van der Waals surface area (Å²) in [5.41, 5.74) is 1.56. The molecule has 9 nitrogen and oxygen atoms in total. The number of nitrogens with one attached hydrogen (secondary N) is 1. The topological polar surface area (TPSA) is 97.1 Å². The fraction of sp³-hybridized carbons (Fsp3) is 0.400. The van der Waals surface area contributed by atoms with Crippen LogP contribution in [0.4, 0.5) is 0 Å². The van der Waals surface area contributed by atoms with Crippen molar-refractivity contribution < 1.29 is 43.2 Å². The molecule has 2 N–H and O–H groups in total. The van der Waals surface area contributed by atoms with Crippen molar-refractivity contribution >= 4 is 11.9 Å². The van der Waals surface area contributed by atoms with Gasteiger partial charge in [0.25, 0.3) is 0 Å². The number of phenols is 1. The van der Waals surface area contributed by atoms with Gasteiger partial charge in [-0.2, -0.15) is 0 Å². The number of rotatable bonds is 12. The molecule has 0 aromatic heterocycles. The fourth-order valence-electron chi connectivity index (χ4n) is 3.82. The first-order valence-electron chi connectivity index (χ1n) is 10.9. The molecular formula is C25H32NO8+. The maximum absolute atomic E-state index is 13.2. The van der Waals surface area contributed by atoms with E-state index in [0.717, 1.165) is 4.90 Å². The second-order valence-corrected chi connectivity index (χ2v) is 7.74. The zero-order valence-corrected chi connectivity index (χ0v) is 20.2. The van der Waals surface area contributed by atoms with Crippen molar-refractivity contribution in [1.82, 2.24) is 0 Å². The number of quaternary nitrogens is 1. The van der Waals surface area contributed by atoms with Crippen LogP contribution in [0.5, 0.6) is 28.7 Å². The van der Waals surface area contributed by atoms with Gasteiger partial charge in [-0.15, -0.1) is 0 Å². The number of fused-ring (bicyclic) bond motifs is 1. The lowest BCUT2D eigenvalue weighted by molar-refractivity contribution is -0.914. The Balaban J connectivity index is 1.96. The van der Waals surface area contributed by atoms with Crippen LogP contribution < -0.4 is 23.8 Å². The molecule has 184 valence electrons. The smallest absolute Gasteiger partial charge is 0.231 e. The van der Waals surface area contributed by atoms with E-state index in [1.54, 1.807) is 38.5 Å². The molecule has 1 heterocycles. The normalized spacial score (nSPS) is 13.8. The van der Waals surface area contributed by atoms with Gasteiger partial charge < -0.3 is 38.4 Å². The Kier molecular flexibility index (Phi) is 8.75. The molecule has 2 aromatic carbocycles. The Morgan fingerprint density at radius 2 is 1.53 bits per heavy atom. The summed E-state index contributed by atoms with van der Waals surface area (Å²) in [5, 5.41) is 10.6. The first-order chi connectivity index (χ1) is 16.5. The van der Waals surface area contributed by atoms with E-state index >= 15 is 0 Å². The number of ether oxygens (including phenoxy) is 6. The molecule has 0 saturated heterocycles. The Morgan fingerprint density at radius 3 is 2.12 bits per heavy atom. The summed E-state index contributed by atoms with van der Waals surface area (Å²) in [7, 11) is 7.89. The number of carbonyl (C=O) groups excluding carboxylic acids is 1. The van der Waals surface area contributed by atoms with Crippen LogP contribution >= 0.6 is 0 Å². The number of methoxy groups -OCH3 is 5. The van der Waals surface area contributed by atoms with Gasteiger partial charge in [0.15, 0.2) is 23.0 Å². The summed E-state index contributed by atoms with van der Waals surface area (Å²) < 4.78 is 32.6. The Hall–Kier alpha value is -3.27. The van der Waals surface area contributed by atoms with Crippen LogP contribution in [0.2, 0.25) is 0 Å². The van der Waals surface area contributed by atoms with E-state index in [4.69, 9.17) is 28.4 Å². The molecule has 0 fully saturated rings. The quantitative estimate of drug-likeness (QED) is 0.449. The highest BCUT2D eigenvalue weighted by Gasteiger charge is 2.33. The van der Waals surface area contributed by atoms with Crippen LogP contribution in [-0.2, 0) is 16.0 Å². The highest BCUT2D eigenvalue weighted by Crippen LogP contribution is 2.41. The molecule has 34 heavy (non-hydrogen) atoms. The molecule has 9 heteroatoms. The minimum absolute atomic E-state index is 0.0730. The molecule has 2 aromatic rings. The Morgan fingerprint density at radius 1 is 0.912 bits per heavy atom. The van der Waals surface area contributed by atoms with Crippen LogP contribution in [-0.4, -0.2) is 72.7 Å². The molecule has 0 amide bonds. The zero-order valence-electron chi connectivity index (χ0n) is 20.2. The summed E-state index contributed by atoms with van der Waals surface area (Å²) in [4.78, 5) is 14.3. The maximum atomic E-state index is 13.2. The maximum Gasteiger partial charge on any atom is 0.231 e. The van der Waals surface area contributed by atoms with Gasteiger partial charge in [-0.25, -0.2) is 0 Å². The summed E-state index contributed by atoms with van der Waals surface area (Å²) in [5.74, 6) is 1.78. The average Bonchev–Trinajstić information content (AvgIpc) is 3.16. The predicted octanol–water partition coefficient (Wildman–Crippen LogP) is 1.71. The van der Waals surface area contributed by atoms with E-state index in [-0.39, 0.29) is 17.3 Å². The number of hydrogen-bond donors (Lipinski definition) is 2. The summed E-state index contributed by atoms with van der Waals surface area (Å²) in [6.07, 6.45) is 1.60. The summed E-state index contributed by atoms with van der Waals surface area (Å²) in [6.45, 7) is 2.98. The lowest BCUT2D eigenvalue weighted by Crippen LogP contribution is -3.11. The van der Waals surface area contributed by atoms with Gasteiger partial charge in [-0.05, 0) is 24.3 Å². The van der Waals surface area contributed by atoms with Gasteiger partial charge in [0.1, 0.15) is 31.1 Å². The van der Waals surface area contributed by atoms with Crippen molar-refractivity contribution in [2.75, 3.05) is 61.9 Å². The lowest BCUT2D eigenvalue weighted by atomic mass is 10.0. The van der Waals surface area contributed by atoms with Crippen LogP contribution in [0.1, 0.15) is 21.5 Å². The average molecular weight is 475 g/mol. The number of hydrogen-bond acceptors (Lipinski definition) is 8. The van der Waals surface area contributed by atoms with Gasteiger partial charge in [0.2, 0.25) is 5.78 Å². The van der Waals surface area contributed by atoms with Crippen molar-refractivity contribution in [2.24, 2.45) is 0 Å². The van der Waals surface area contributed by atoms with Crippen LogP contribution in [0.25, 0.3) is 6.08 Å². The second-order valence-electron chi connectivity index (χ2n) is 7.74. The Bertz CT molecular complexity index is 1040. The van der Waals surface area contributed by atoms with E-state index in [9.17, 15) is 9.90 Å². The molecule has 0 aliphatic carbocycles. The lowest BCUT2D eigenvalue weighted by Gasteiger charge is -2.20. The number of Topliss-reactive ketones (excluding diaryl/α,β-unsaturated/α-hetero) is 1. The van der Waals surface area contributed by atoms with Crippen LogP contribution in [0, 0.1) is 0 Å². The number of benzene rings is 2. The van der Waals surface area contributed by atoms with Gasteiger partial charge in [-0.1, -0.05) is 0 Å². The molecular weight excluding hydrogens is 442 g/mol. The molecule has 0 saturated carbocycles. The molecule has 0 unspecified atom stereocenters. The minimum atomic E-state index is -0.275. The molecule has 1 aliphatic heterocycles. The number of ketones is 1. The van der Waals surface area contributed by atoms with E-state index in [1.165, 1.54) is 27.4 Å². The molecule has 0 atom stereocenters. The van der Waals surface area contributed by atoms with Gasteiger partial charge >= 0.3 is 0 Å². The minimum Gasteiger partial charge on any atom is -0.507 e. The number of aromatic hydroxyl groups is 1. The number of allylic oxidation sites excluding steroid dienone is 1. The highest BCUT2D eigenvalue weighted by molar-refractivity contribution is 6.15. The SMILES string of the molecule is COCC[NH+](CCOC)Cc1c(O)ccc2c1O/C(=C\c1cc(OC)c(OC)cc1OC)C2=O. The fourth-order valence-corrected chi connectivity index (χ4v) is 3.82. The van der Waals surface area contributed by atoms with E-state index in [0.29, 0.717) is 72.5 Å². The third kappa shape index (κ3) is 5.44. The molecule has 3 rings (SSSR count). The van der Waals surface area contributed by atoms with Crippen LogP contribution in [0.3, 0.4) is 0 Å². The van der Waals surface area contributed by atoms with Gasteiger partial charge in [0, 0.05) is 25.8 Å². The van der Waals surface area contributed by atoms with Gasteiger partial charge in [-0.3, -0.25) is 4.79 Å². The molecule has 0 radical (unpaired) electrons.